The molecule has 0 atom stereocenters. The molecule has 3 nitrogen and oxygen atoms in total. The van der Waals surface area contributed by atoms with Crippen molar-refractivity contribution in [1.82, 2.24) is 0 Å². The Morgan fingerprint density at radius 1 is 1.55 bits per heavy atom. The normalized spacial score (nSPS) is 9.73. The average molecular weight is 264 g/mol. The van der Waals surface area contributed by atoms with E-state index in [0.29, 0.717) is 5.69 Å². The SMILES string of the molecule is CN(O)c1cc(N)ccc1I. The summed E-state index contributed by atoms with van der Waals surface area (Å²) in [7, 11) is 1.57. The van der Waals surface area contributed by atoms with Gasteiger partial charge in [0.05, 0.1) is 5.69 Å². The summed E-state index contributed by atoms with van der Waals surface area (Å²) in [5, 5.41) is 10.2. The van der Waals surface area contributed by atoms with Crippen molar-refractivity contribution in [3.8, 4) is 0 Å². The molecule has 0 fully saturated rings. The number of nitrogens with two attached hydrogens (primary N) is 1. The first-order valence-corrected chi connectivity index (χ1v) is 4.17. The van der Waals surface area contributed by atoms with Crippen LogP contribution >= 0.6 is 22.6 Å². The van der Waals surface area contributed by atoms with Gasteiger partial charge in [-0.05, 0) is 40.8 Å². The fraction of sp³-hybridized carbons (Fsp3) is 0.143. The van der Waals surface area contributed by atoms with Crippen LogP contribution in [0.1, 0.15) is 0 Å². The molecule has 0 saturated heterocycles. The van der Waals surface area contributed by atoms with Gasteiger partial charge in [0, 0.05) is 16.3 Å². The smallest absolute Gasteiger partial charge is 0.0784 e. The Hall–Kier alpha value is -0.490. The molecule has 0 bridgehead atoms. The van der Waals surface area contributed by atoms with Gasteiger partial charge in [-0.15, -0.1) is 0 Å². The zero-order valence-corrected chi connectivity index (χ0v) is 8.24. The van der Waals surface area contributed by atoms with Crippen LogP contribution in [0.15, 0.2) is 18.2 Å². The number of hydrogen-bond acceptors (Lipinski definition) is 3. The van der Waals surface area contributed by atoms with E-state index in [4.69, 9.17) is 10.9 Å². The summed E-state index contributed by atoms with van der Waals surface area (Å²) in [6.45, 7) is 0. The molecule has 1 rings (SSSR count). The van der Waals surface area contributed by atoms with Crippen LogP contribution in [0.2, 0.25) is 0 Å². The lowest BCUT2D eigenvalue weighted by atomic mass is 10.3. The van der Waals surface area contributed by atoms with E-state index in [1.165, 1.54) is 0 Å². The molecular weight excluding hydrogens is 255 g/mol. The Morgan fingerprint density at radius 2 is 2.18 bits per heavy atom. The molecular formula is C7H9IN2O. The minimum atomic E-state index is 0.654. The molecule has 0 aliphatic heterocycles. The van der Waals surface area contributed by atoms with Crippen LogP contribution in [-0.4, -0.2) is 12.3 Å². The van der Waals surface area contributed by atoms with Gasteiger partial charge in [0.2, 0.25) is 0 Å². The van der Waals surface area contributed by atoms with E-state index in [1.807, 2.05) is 6.07 Å². The number of hydroxylamine groups is 1. The number of hydrogen-bond donors (Lipinski definition) is 2. The van der Waals surface area contributed by atoms with E-state index in [-0.39, 0.29) is 0 Å². The van der Waals surface area contributed by atoms with Crippen molar-refractivity contribution in [1.29, 1.82) is 0 Å². The van der Waals surface area contributed by atoms with Crippen molar-refractivity contribution in [2.45, 2.75) is 0 Å². The van der Waals surface area contributed by atoms with Gasteiger partial charge in [0.1, 0.15) is 0 Å². The zero-order chi connectivity index (χ0) is 8.43. The van der Waals surface area contributed by atoms with Crippen LogP contribution in [0, 0.1) is 3.57 Å². The maximum absolute atomic E-state index is 9.10. The second kappa shape index (κ2) is 3.27. The lowest BCUT2D eigenvalue weighted by Crippen LogP contribution is -2.11. The molecule has 0 amide bonds. The standard InChI is InChI=1S/C7H9IN2O/c1-10(11)7-4-5(9)2-3-6(7)8/h2-4,11H,9H2,1H3. The van der Waals surface area contributed by atoms with Crippen molar-refractivity contribution < 1.29 is 5.21 Å². The Morgan fingerprint density at radius 3 is 2.64 bits per heavy atom. The van der Waals surface area contributed by atoms with E-state index in [9.17, 15) is 0 Å². The van der Waals surface area contributed by atoms with E-state index >= 15 is 0 Å². The van der Waals surface area contributed by atoms with Gasteiger partial charge in [-0.2, -0.15) is 0 Å². The zero-order valence-electron chi connectivity index (χ0n) is 6.08. The fourth-order valence-electron chi connectivity index (χ4n) is 0.778. The molecule has 4 heteroatoms. The van der Waals surface area contributed by atoms with E-state index < -0.39 is 0 Å². The van der Waals surface area contributed by atoms with Crippen molar-refractivity contribution >= 4 is 34.0 Å². The number of rotatable bonds is 1. The quantitative estimate of drug-likeness (QED) is 0.461. The van der Waals surface area contributed by atoms with Gasteiger partial charge in [-0.25, -0.2) is 0 Å². The van der Waals surface area contributed by atoms with Crippen LogP contribution in [0.25, 0.3) is 0 Å². The highest BCUT2D eigenvalue weighted by Crippen LogP contribution is 2.22. The first-order valence-electron chi connectivity index (χ1n) is 3.09. The summed E-state index contributed by atoms with van der Waals surface area (Å²) in [6.07, 6.45) is 0. The van der Waals surface area contributed by atoms with E-state index in [1.54, 1.807) is 19.2 Å². The lowest BCUT2D eigenvalue weighted by molar-refractivity contribution is 0.279. The second-order valence-corrected chi connectivity index (χ2v) is 3.40. The van der Waals surface area contributed by atoms with Crippen LogP contribution in [-0.2, 0) is 0 Å². The lowest BCUT2D eigenvalue weighted by Gasteiger charge is -2.12. The molecule has 60 valence electrons. The Balaban J connectivity index is 3.13. The highest BCUT2D eigenvalue weighted by Gasteiger charge is 2.02. The van der Waals surface area contributed by atoms with Gasteiger partial charge >= 0.3 is 0 Å². The first kappa shape index (κ1) is 8.61. The second-order valence-electron chi connectivity index (χ2n) is 2.23. The Labute approximate surface area is 78.9 Å². The topological polar surface area (TPSA) is 49.5 Å². The van der Waals surface area contributed by atoms with Crippen molar-refractivity contribution in [2.75, 3.05) is 17.8 Å². The molecule has 0 aliphatic carbocycles. The minimum absolute atomic E-state index is 0.654. The fourth-order valence-corrected chi connectivity index (χ4v) is 1.46. The van der Waals surface area contributed by atoms with Crippen LogP contribution in [0.4, 0.5) is 11.4 Å². The summed E-state index contributed by atoms with van der Waals surface area (Å²) in [5.74, 6) is 0. The third-order valence-electron chi connectivity index (χ3n) is 1.32. The predicted octanol–water partition coefficient (Wildman–Crippen LogP) is 1.70. The van der Waals surface area contributed by atoms with Gasteiger partial charge in [0.15, 0.2) is 0 Å². The minimum Gasteiger partial charge on any atom is -0.399 e. The molecule has 3 N–H and O–H groups in total. The summed E-state index contributed by atoms with van der Waals surface area (Å²) in [5.41, 5.74) is 6.91. The first-order chi connectivity index (χ1) is 5.11. The van der Waals surface area contributed by atoms with Crippen LogP contribution in [0.5, 0.6) is 0 Å². The third-order valence-corrected chi connectivity index (χ3v) is 2.23. The van der Waals surface area contributed by atoms with Crippen molar-refractivity contribution in [3.63, 3.8) is 0 Å². The molecule has 0 saturated carbocycles. The number of nitrogen functional groups attached to an aromatic ring is 1. The maximum atomic E-state index is 9.10. The van der Waals surface area contributed by atoms with Gasteiger partial charge in [-0.1, -0.05) is 0 Å². The number of halogens is 1. The maximum Gasteiger partial charge on any atom is 0.0784 e. The molecule has 0 aromatic heterocycles. The number of anilines is 2. The molecule has 0 aliphatic rings. The van der Waals surface area contributed by atoms with E-state index in [2.05, 4.69) is 22.6 Å². The van der Waals surface area contributed by atoms with Crippen molar-refractivity contribution in [3.05, 3.63) is 21.8 Å². The predicted molar refractivity (Wildman–Crippen MR) is 53.8 cm³/mol. The Bertz CT molecular complexity index is 263. The molecule has 11 heavy (non-hydrogen) atoms. The summed E-state index contributed by atoms with van der Waals surface area (Å²) in [6, 6.07) is 5.38. The molecule has 1 aromatic rings. The van der Waals surface area contributed by atoms with Gasteiger partial charge in [0.25, 0.3) is 0 Å². The number of nitrogens with zero attached hydrogens (tertiary/aromatic N) is 1. The highest BCUT2D eigenvalue weighted by molar-refractivity contribution is 14.1. The van der Waals surface area contributed by atoms with Crippen LogP contribution < -0.4 is 10.8 Å². The molecule has 0 unspecified atom stereocenters. The summed E-state index contributed by atoms with van der Waals surface area (Å²) < 4.78 is 0.974. The summed E-state index contributed by atoms with van der Waals surface area (Å²) >= 11 is 2.14. The molecule has 1 aromatic carbocycles. The third kappa shape index (κ3) is 1.97. The van der Waals surface area contributed by atoms with Crippen LogP contribution in [0.3, 0.4) is 0 Å². The van der Waals surface area contributed by atoms with Gasteiger partial charge < -0.3 is 5.73 Å². The molecule has 0 spiro atoms. The van der Waals surface area contributed by atoms with E-state index in [0.717, 1.165) is 14.3 Å². The van der Waals surface area contributed by atoms with Crippen molar-refractivity contribution in [2.24, 2.45) is 0 Å². The molecule has 0 radical (unpaired) electrons. The monoisotopic (exact) mass is 264 g/mol. The Kier molecular flexibility index (Phi) is 2.56. The average Bonchev–Trinajstić information content (AvgIpc) is 1.94. The molecule has 0 heterocycles. The largest absolute Gasteiger partial charge is 0.399 e. The highest BCUT2D eigenvalue weighted by atomic mass is 127. The number of benzene rings is 1. The van der Waals surface area contributed by atoms with Gasteiger partial charge in [-0.3, -0.25) is 10.3 Å². The summed E-state index contributed by atoms with van der Waals surface area (Å²) in [4.78, 5) is 0.